The average molecular weight is 563 g/mol. The number of furan rings is 1. The lowest BCUT2D eigenvalue weighted by Gasteiger charge is -2.13. The molecule has 0 saturated heterocycles. The van der Waals surface area contributed by atoms with Crippen LogP contribution in [0.3, 0.4) is 0 Å². The van der Waals surface area contributed by atoms with Crippen LogP contribution in [0.4, 0.5) is 0 Å². The lowest BCUT2D eigenvalue weighted by molar-refractivity contribution is 0.671. The first kappa shape index (κ1) is 24.6. The van der Waals surface area contributed by atoms with Crippen LogP contribution in [-0.2, 0) is 0 Å². The molecule has 0 radical (unpaired) electrons. The fourth-order valence-corrected chi connectivity index (χ4v) is 6.60. The SMILES string of the molecule is c1ccc(-c2cc(-c3ccccc3)nc(-c3cc4c5ccccc5oc4c4c3c3ccccc3n4-c3ccccc3)c2)cc1. The van der Waals surface area contributed by atoms with Crippen molar-refractivity contribution in [1.82, 2.24) is 9.55 Å². The van der Waals surface area contributed by atoms with Gasteiger partial charge in [0.1, 0.15) is 5.58 Å². The standard InChI is InChI=1S/C41H26N2O/c1-4-14-27(15-5-1)29-24-35(28-16-6-2-7-17-28)42-36(25-29)34-26-33-31-20-11-13-23-38(31)44-41(33)40-39(34)32-21-10-12-22-37(32)43(40)30-18-8-3-9-19-30/h1-26H. The van der Waals surface area contributed by atoms with Crippen LogP contribution in [0.15, 0.2) is 162 Å². The molecule has 0 aliphatic heterocycles. The van der Waals surface area contributed by atoms with Crippen LogP contribution < -0.4 is 0 Å². The number of hydrogen-bond donors (Lipinski definition) is 0. The summed E-state index contributed by atoms with van der Waals surface area (Å²) in [6, 6.07) is 55.3. The van der Waals surface area contributed by atoms with E-state index in [0.717, 1.165) is 83.1 Å². The predicted octanol–water partition coefficient (Wildman–Crippen LogP) is 11.1. The highest BCUT2D eigenvalue weighted by Gasteiger charge is 2.23. The van der Waals surface area contributed by atoms with E-state index in [1.54, 1.807) is 0 Å². The minimum atomic E-state index is 0.877. The van der Waals surface area contributed by atoms with Gasteiger partial charge >= 0.3 is 0 Å². The minimum Gasteiger partial charge on any atom is -0.454 e. The van der Waals surface area contributed by atoms with E-state index in [0.29, 0.717) is 0 Å². The van der Waals surface area contributed by atoms with Gasteiger partial charge in [-0.2, -0.15) is 0 Å². The largest absolute Gasteiger partial charge is 0.454 e. The van der Waals surface area contributed by atoms with Crippen molar-refractivity contribution in [3.05, 3.63) is 158 Å². The third kappa shape index (κ3) is 3.80. The van der Waals surface area contributed by atoms with E-state index in [1.165, 1.54) is 0 Å². The molecule has 3 nitrogen and oxygen atoms in total. The van der Waals surface area contributed by atoms with E-state index in [2.05, 4.69) is 150 Å². The molecular weight excluding hydrogens is 536 g/mol. The molecule has 0 saturated carbocycles. The fraction of sp³-hybridized carbons (Fsp3) is 0. The Kier molecular flexibility index (Phi) is 5.50. The summed E-state index contributed by atoms with van der Waals surface area (Å²) in [5, 5.41) is 4.47. The molecule has 0 amide bonds. The van der Waals surface area contributed by atoms with Crippen LogP contribution in [0.1, 0.15) is 0 Å². The number of nitrogens with zero attached hydrogens (tertiary/aromatic N) is 2. The van der Waals surface area contributed by atoms with E-state index in [-0.39, 0.29) is 0 Å². The molecule has 0 bridgehead atoms. The highest BCUT2D eigenvalue weighted by molar-refractivity contribution is 6.26. The summed E-state index contributed by atoms with van der Waals surface area (Å²) >= 11 is 0. The molecule has 3 aromatic heterocycles. The molecule has 44 heavy (non-hydrogen) atoms. The van der Waals surface area contributed by atoms with Crippen molar-refractivity contribution in [1.29, 1.82) is 0 Å². The number of para-hydroxylation sites is 3. The molecule has 0 aliphatic rings. The second-order valence-electron chi connectivity index (χ2n) is 11.2. The first-order valence-electron chi connectivity index (χ1n) is 14.9. The van der Waals surface area contributed by atoms with Crippen molar-refractivity contribution >= 4 is 43.7 Å². The zero-order valence-corrected chi connectivity index (χ0v) is 23.8. The normalized spacial score (nSPS) is 11.6. The molecule has 0 N–H and O–H groups in total. The highest BCUT2D eigenvalue weighted by Crippen LogP contribution is 2.45. The van der Waals surface area contributed by atoms with Crippen LogP contribution >= 0.6 is 0 Å². The Balaban J connectivity index is 1.47. The summed E-state index contributed by atoms with van der Waals surface area (Å²) in [5.41, 5.74) is 11.4. The highest BCUT2D eigenvalue weighted by atomic mass is 16.3. The van der Waals surface area contributed by atoms with Gasteiger partial charge in [0, 0.05) is 38.4 Å². The van der Waals surface area contributed by atoms with Gasteiger partial charge in [0.2, 0.25) is 0 Å². The number of rotatable bonds is 4. The second kappa shape index (κ2) is 9.82. The maximum Gasteiger partial charge on any atom is 0.160 e. The van der Waals surface area contributed by atoms with E-state index >= 15 is 0 Å². The Bertz CT molecular complexity index is 2420. The summed E-state index contributed by atoms with van der Waals surface area (Å²) < 4.78 is 9.04. The summed E-state index contributed by atoms with van der Waals surface area (Å²) in [6.07, 6.45) is 0. The Hall–Kier alpha value is -5.93. The van der Waals surface area contributed by atoms with Gasteiger partial charge in [-0.15, -0.1) is 0 Å². The number of aromatic nitrogens is 2. The number of fused-ring (bicyclic) bond motifs is 7. The van der Waals surface area contributed by atoms with Crippen molar-refractivity contribution in [2.75, 3.05) is 0 Å². The van der Waals surface area contributed by atoms with Gasteiger partial charge < -0.3 is 8.98 Å². The molecule has 206 valence electrons. The molecule has 6 aromatic carbocycles. The van der Waals surface area contributed by atoms with Gasteiger partial charge in [-0.25, -0.2) is 4.98 Å². The van der Waals surface area contributed by atoms with Crippen molar-refractivity contribution in [2.24, 2.45) is 0 Å². The number of hydrogen-bond acceptors (Lipinski definition) is 2. The van der Waals surface area contributed by atoms with Crippen molar-refractivity contribution in [3.63, 3.8) is 0 Å². The van der Waals surface area contributed by atoms with Gasteiger partial charge in [-0.3, -0.25) is 0 Å². The zero-order chi connectivity index (χ0) is 29.0. The maximum atomic E-state index is 6.69. The first-order chi connectivity index (χ1) is 21.8. The van der Waals surface area contributed by atoms with E-state index in [9.17, 15) is 0 Å². The molecule has 0 unspecified atom stereocenters. The Morgan fingerprint density at radius 1 is 0.477 bits per heavy atom. The topological polar surface area (TPSA) is 31.0 Å². The molecule has 9 aromatic rings. The maximum absolute atomic E-state index is 6.69. The van der Waals surface area contributed by atoms with Gasteiger partial charge in [0.15, 0.2) is 5.58 Å². The number of pyridine rings is 1. The monoisotopic (exact) mass is 562 g/mol. The van der Waals surface area contributed by atoms with Crippen LogP contribution in [0.2, 0.25) is 0 Å². The van der Waals surface area contributed by atoms with Crippen LogP contribution in [0, 0.1) is 0 Å². The average Bonchev–Trinajstić information content (AvgIpc) is 3.65. The predicted molar refractivity (Wildman–Crippen MR) is 182 cm³/mol. The van der Waals surface area contributed by atoms with Crippen LogP contribution in [0.25, 0.3) is 83.1 Å². The second-order valence-corrected chi connectivity index (χ2v) is 11.2. The molecule has 3 heteroatoms. The van der Waals surface area contributed by atoms with Crippen molar-refractivity contribution in [3.8, 4) is 39.3 Å². The lowest BCUT2D eigenvalue weighted by Crippen LogP contribution is -1.95. The third-order valence-electron chi connectivity index (χ3n) is 8.57. The first-order valence-corrected chi connectivity index (χ1v) is 14.9. The quantitative estimate of drug-likeness (QED) is 0.214. The fourth-order valence-electron chi connectivity index (χ4n) is 6.60. The Morgan fingerprint density at radius 2 is 1.09 bits per heavy atom. The summed E-state index contributed by atoms with van der Waals surface area (Å²) in [5.74, 6) is 0. The molecule has 0 atom stereocenters. The summed E-state index contributed by atoms with van der Waals surface area (Å²) in [4.78, 5) is 5.37. The third-order valence-corrected chi connectivity index (χ3v) is 8.57. The van der Waals surface area contributed by atoms with E-state index in [4.69, 9.17) is 9.40 Å². The molecular formula is C41H26N2O. The van der Waals surface area contributed by atoms with Crippen LogP contribution in [-0.4, -0.2) is 9.55 Å². The molecule has 0 aliphatic carbocycles. The molecule has 9 rings (SSSR count). The minimum absolute atomic E-state index is 0.877. The van der Waals surface area contributed by atoms with Crippen molar-refractivity contribution < 1.29 is 4.42 Å². The number of benzene rings is 6. The van der Waals surface area contributed by atoms with E-state index < -0.39 is 0 Å². The smallest absolute Gasteiger partial charge is 0.160 e. The summed E-state index contributed by atoms with van der Waals surface area (Å²) in [7, 11) is 0. The molecule has 0 fully saturated rings. The molecule has 0 spiro atoms. The Labute approximate surface area is 254 Å². The molecule has 3 heterocycles. The lowest BCUT2D eigenvalue weighted by atomic mass is 9.96. The van der Waals surface area contributed by atoms with Gasteiger partial charge in [0.25, 0.3) is 0 Å². The van der Waals surface area contributed by atoms with Gasteiger partial charge in [-0.05, 0) is 53.6 Å². The summed E-state index contributed by atoms with van der Waals surface area (Å²) in [6.45, 7) is 0. The van der Waals surface area contributed by atoms with Gasteiger partial charge in [0.05, 0.1) is 22.4 Å². The zero-order valence-electron chi connectivity index (χ0n) is 23.8. The van der Waals surface area contributed by atoms with Crippen LogP contribution in [0.5, 0.6) is 0 Å². The van der Waals surface area contributed by atoms with Gasteiger partial charge in [-0.1, -0.05) is 115 Å². The van der Waals surface area contributed by atoms with E-state index in [1.807, 2.05) is 12.1 Å². The van der Waals surface area contributed by atoms with Crippen molar-refractivity contribution in [2.45, 2.75) is 0 Å². The Morgan fingerprint density at radius 3 is 1.86 bits per heavy atom.